The molecule has 0 saturated heterocycles. The van der Waals surface area contributed by atoms with Crippen LogP contribution in [-0.2, 0) is 11.2 Å². The van der Waals surface area contributed by atoms with E-state index in [1.54, 1.807) is 43.3 Å². The average molecular weight is 384 g/mol. The van der Waals surface area contributed by atoms with Crippen LogP contribution in [-0.4, -0.2) is 24.5 Å². The number of carbonyl (C=O) groups is 2. The molecule has 2 aromatic carbocycles. The van der Waals surface area contributed by atoms with Gasteiger partial charge in [0.1, 0.15) is 11.5 Å². The topological polar surface area (TPSA) is 76.7 Å². The summed E-state index contributed by atoms with van der Waals surface area (Å²) in [4.78, 5) is 24.3. The van der Waals surface area contributed by atoms with Gasteiger partial charge in [0.25, 0.3) is 11.8 Å². The first-order valence-corrected chi connectivity index (χ1v) is 9.47. The second kappa shape index (κ2) is 10.3. The number of carbonyl (C=O) groups excluding carboxylic acids is 2. The fourth-order valence-electron chi connectivity index (χ4n) is 2.59. The van der Waals surface area contributed by atoms with Gasteiger partial charge in [-0.05, 0) is 68.1 Å². The van der Waals surface area contributed by atoms with Gasteiger partial charge in [0.05, 0.1) is 6.61 Å². The highest BCUT2D eigenvalue weighted by Crippen LogP contribution is 2.18. The number of hydrogen-bond donors (Lipinski definition) is 2. The highest BCUT2D eigenvalue weighted by molar-refractivity contribution is 5.95. The van der Waals surface area contributed by atoms with E-state index >= 15 is 0 Å². The van der Waals surface area contributed by atoms with Crippen molar-refractivity contribution in [3.8, 4) is 11.5 Å². The minimum Gasteiger partial charge on any atom is -0.494 e. The predicted octanol–water partition coefficient (Wildman–Crippen LogP) is 3.51. The summed E-state index contributed by atoms with van der Waals surface area (Å²) in [5.41, 5.74) is 6.46. The molecule has 6 heteroatoms. The van der Waals surface area contributed by atoms with E-state index in [0.717, 1.165) is 12.2 Å². The lowest BCUT2D eigenvalue weighted by Crippen LogP contribution is -2.47. The SMILES string of the molecule is CCOc1ccc(O[C@@H](C)C(=O)NNC(=O)c2ccc(CC(C)C)cc2)cc1. The Morgan fingerprint density at radius 3 is 2.07 bits per heavy atom. The molecule has 150 valence electrons. The summed E-state index contributed by atoms with van der Waals surface area (Å²) in [7, 11) is 0. The number of amides is 2. The predicted molar refractivity (Wildman–Crippen MR) is 108 cm³/mol. The zero-order valence-electron chi connectivity index (χ0n) is 16.8. The molecular weight excluding hydrogens is 356 g/mol. The van der Waals surface area contributed by atoms with Gasteiger partial charge < -0.3 is 9.47 Å². The van der Waals surface area contributed by atoms with Crippen LogP contribution in [0.15, 0.2) is 48.5 Å². The summed E-state index contributed by atoms with van der Waals surface area (Å²) < 4.78 is 10.9. The molecular formula is C22H28N2O4. The molecule has 0 aliphatic rings. The molecule has 2 amide bonds. The molecule has 0 radical (unpaired) electrons. The third-order valence-corrected chi connectivity index (χ3v) is 3.98. The van der Waals surface area contributed by atoms with Crippen LogP contribution in [0.25, 0.3) is 0 Å². The van der Waals surface area contributed by atoms with E-state index in [1.165, 1.54) is 5.56 Å². The maximum Gasteiger partial charge on any atom is 0.279 e. The molecule has 0 heterocycles. The molecule has 0 unspecified atom stereocenters. The van der Waals surface area contributed by atoms with E-state index in [9.17, 15) is 9.59 Å². The molecule has 6 nitrogen and oxygen atoms in total. The van der Waals surface area contributed by atoms with Gasteiger partial charge in [-0.3, -0.25) is 20.4 Å². The zero-order valence-corrected chi connectivity index (χ0v) is 16.8. The summed E-state index contributed by atoms with van der Waals surface area (Å²) in [6, 6.07) is 14.3. The van der Waals surface area contributed by atoms with Crippen molar-refractivity contribution in [1.82, 2.24) is 10.9 Å². The van der Waals surface area contributed by atoms with Gasteiger partial charge in [-0.15, -0.1) is 0 Å². The van der Waals surface area contributed by atoms with Crippen molar-refractivity contribution in [2.45, 2.75) is 40.2 Å². The molecule has 2 N–H and O–H groups in total. The van der Waals surface area contributed by atoms with Gasteiger partial charge >= 0.3 is 0 Å². The molecule has 0 saturated carbocycles. The molecule has 2 rings (SSSR count). The molecule has 0 aromatic heterocycles. The summed E-state index contributed by atoms with van der Waals surface area (Å²) in [5.74, 6) is 1.00. The van der Waals surface area contributed by atoms with Crippen molar-refractivity contribution < 1.29 is 19.1 Å². The second-order valence-electron chi connectivity index (χ2n) is 6.90. The quantitative estimate of drug-likeness (QED) is 0.683. The van der Waals surface area contributed by atoms with Gasteiger partial charge in [-0.25, -0.2) is 0 Å². The number of ether oxygens (including phenoxy) is 2. The molecule has 0 bridgehead atoms. The Kier molecular flexibility index (Phi) is 7.87. The third-order valence-electron chi connectivity index (χ3n) is 3.98. The molecule has 1 atom stereocenters. The fourth-order valence-corrected chi connectivity index (χ4v) is 2.59. The van der Waals surface area contributed by atoms with Crippen molar-refractivity contribution in [2.24, 2.45) is 5.92 Å². The van der Waals surface area contributed by atoms with Gasteiger partial charge in [-0.2, -0.15) is 0 Å². The minimum atomic E-state index is -0.772. The Balaban J connectivity index is 1.82. The Bertz CT molecular complexity index is 770. The number of hydrogen-bond acceptors (Lipinski definition) is 4. The van der Waals surface area contributed by atoms with Gasteiger partial charge in [-0.1, -0.05) is 26.0 Å². The van der Waals surface area contributed by atoms with E-state index in [4.69, 9.17) is 9.47 Å². The number of hydrazine groups is 1. The van der Waals surface area contributed by atoms with E-state index in [2.05, 4.69) is 24.7 Å². The Morgan fingerprint density at radius 2 is 1.50 bits per heavy atom. The Labute approximate surface area is 166 Å². The fraction of sp³-hybridized carbons (Fsp3) is 0.364. The number of rotatable bonds is 8. The van der Waals surface area contributed by atoms with E-state index < -0.39 is 12.0 Å². The van der Waals surface area contributed by atoms with Crippen molar-refractivity contribution >= 4 is 11.8 Å². The lowest BCUT2D eigenvalue weighted by molar-refractivity contribution is -0.128. The van der Waals surface area contributed by atoms with E-state index in [0.29, 0.717) is 23.8 Å². The van der Waals surface area contributed by atoms with Crippen molar-refractivity contribution in [2.75, 3.05) is 6.61 Å². The summed E-state index contributed by atoms with van der Waals surface area (Å²) >= 11 is 0. The van der Waals surface area contributed by atoms with Gasteiger partial charge in [0, 0.05) is 5.56 Å². The molecule has 0 aliphatic carbocycles. The van der Waals surface area contributed by atoms with Crippen LogP contribution in [0.5, 0.6) is 11.5 Å². The van der Waals surface area contributed by atoms with E-state index in [-0.39, 0.29) is 5.91 Å². The largest absolute Gasteiger partial charge is 0.494 e. The van der Waals surface area contributed by atoms with Crippen molar-refractivity contribution in [3.63, 3.8) is 0 Å². The molecule has 0 aliphatic heterocycles. The first-order valence-electron chi connectivity index (χ1n) is 9.47. The molecule has 0 spiro atoms. The summed E-state index contributed by atoms with van der Waals surface area (Å²) in [6.45, 7) is 8.39. The van der Waals surface area contributed by atoms with Crippen LogP contribution in [0.1, 0.15) is 43.6 Å². The summed E-state index contributed by atoms with van der Waals surface area (Å²) in [6.07, 6.45) is 0.186. The smallest absolute Gasteiger partial charge is 0.279 e. The first-order chi connectivity index (χ1) is 13.4. The zero-order chi connectivity index (χ0) is 20.5. The van der Waals surface area contributed by atoms with Crippen LogP contribution in [0.2, 0.25) is 0 Å². The third kappa shape index (κ3) is 6.61. The maximum atomic E-state index is 12.2. The monoisotopic (exact) mass is 384 g/mol. The lowest BCUT2D eigenvalue weighted by Gasteiger charge is -2.15. The van der Waals surface area contributed by atoms with Crippen LogP contribution in [0, 0.1) is 5.92 Å². The average Bonchev–Trinajstić information content (AvgIpc) is 2.67. The normalized spacial score (nSPS) is 11.6. The van der Waals surface area contributed by atoms with Gasteiger partial charge in [0.15, 0.2) is 6.10 Å². The van der Waals surface area contributed by atoms with Crippen molar-refractivity contribution in [3.05, 3.63) is 59.7 Å². The second-order valence-corrected chi connectivity index (χ2v) is 6.90. The first kappa shape index (κ1) is 21.3. The van der Waals surface area contributed by atoms with Crippen LogP contribution in [0.4, 0.5) is 0 Å². The highest BCUT2D eigenvalue weighted by atomic mass is 16.5. The Morgan fingerprint density at radius 1 is 0.893 bits per heavy atom. The van der Waals surface area contributed by atoms with Crippen molar-refractivity contribution in [1.29, 1.82) is 0 Å². The lowest BCUT2D eigenvalue weighted by atomic mass is 10.0. The molecule has 28 heavy (non-hydrogen) atoms. The number of benzene rings is 2. The number of nitrogens with one attached hydrogen (secondary N) is 2. The standard InChI is InChI=1S/C22H28N2O4/c1-5-27-19-10-12-20(13-11-19)28-16(4)21(25)23-24-22(26)18-8-6-17(7-9-18)14-15(2)3/h6-13,15-16H,5,14H2,1-4H3,(H,23,25)(H,24,26)/t16-/m0/s1. The van der Waals surface area contributed by atoms with Crippen LogP contribution in [0.3, 0.4) is 0 Å². The minimum absolute atomic E-state index is 0.377. The Hall–Kier alpha value is -3.02. The summed E-state index contributed by atoms with van der Waals surface area (Å²) in [5, 5.41) is 0. The molecule has 0 fully saturated rings. The van der Waals surface area contributed by atoms with Gasteiger partial charge in [0.2, 0.25) is 0 Å². The van der Waals surface area contributed by atoms with Crippen LogP contribution < -0.4 is 20.3 Å². The highest BCUT2D eigenvalue weighted by Gasteiger charge is 2.16. The van der Waals surface area contributed by atoms with Crippen LogP contribution >= 0.6 is 0 Å². The maximum absolute atomic E-state index is 12.2. The molecule has 2 aromatic rings. The van der Waals surface area contributed by atoms with E-state index in [1.807, 2.05) is 19.1 Å².